The van der Waals surface area contributed by atoms with Crippen molar-refractivity contribution in [2.75, 3.05) is 10.6 Å². The Labute approximate surface area is 183 Å². The van der Waals surface area contributed by atoms with Crippen LogP contribution in [0, 0.1) is 17.5 Å². The van der Waals surface area contributed by atoms with Crippen molar-refractivity contribution in [1.82, 2.24) is 10.3 Å². The summed E-state index contributed by atoms with van der Waals surface area (Å²) in [5, 5.41) is 9.03. The molecule has 1 aliphatic rings. The van der Waals surface area contributed by atoms with Crippen LogP contribution in [0.4, 0.5) is 24.5 Å². The highest BCUT2D eigenvalue weighted by Gasteiger charge is 2.25. The van der Waals surface area contributed by atoms with Crippen molar-refractivity contribution in [3.63, 3.8) is 0 Å². The molecule has 2 atom stereocenters. The predicted molar refractivity (Wildman–Crippen MR) is 117 cm³/mol. The number of rotatable bonds is 5. The normalized spacial score (nSPS) is 18.4. The molecule has 4 rings (SSSR count). The van der Waals surface area contributed by atoms with Gasteiger partial charge in [-0.15, -0.1) is 0 Å². The molecule has 32 heavy (non-hydrogen) atoms. The molecule has 0 saturated heterocycles. The average molecular weight is 441 g/mol. The van der Waals surface area contributed by atoms with Crippen LogP contribution in [0.5, 0.6) is 0 Å². The Hall–Kier alpha value is -3.75. The molecule has 0 spiro atoms. The number of carbonyl (C=O) groups excluding carboxylic acids is 1. The highest BCUT2D eigenvalue weighted by molar-refractivity contribution is 6.10. The Bertz CT molecular complexity index is 1100. The zero-order valence-corrected chi connectivity index (χ0v) is 17.0. The van der Waals surface area contributed by atoms with Gasteiger partial charge in [-0.2, -0.15) is 0 Å². The quantitative estimate of drug-likeness (QED) is 0.343. The molecule has 1 saturated carbocycles. The molecule has 0 radical (unpaired) electrons. The largest absolute Gasteiger partial charge is 0.381 e. The van der Waals surface area contributed by atoms with Crippen LogP contribution in [0.1, 0.15) is 29.6 Å². The molecule has 166 valence electrons. The molecule has 1 aromatic heterocycles. The van der Waals surface area contributed by atoms with Gasteiger partial charge in [0.2, 0.25) is 5.96 Å². The predicted octanol–water partition coefficient (Wildman–Crippen LogP) is 4.66. The molecule has 0 bridgehead atoms. The van der Waals surface area contributed by atoms with Crippen LogP contribution in [-0.4, -0.2) is 28.9 Å². The lowest BCUT2D eigenvalue weighted by molar-refractivity contribution is 0.0976. The highest BCUT2D eigenvalue weighted by Crippen LogP contribution is 2.25. The topological polar surface area (TPSA) is 81.3 Å². The number of aliphatic imine (C=N–C) groups is 1. The number of amides is 1. The van der Waals surface area contributed by atoms with E-state index in [0.717, 1.165) is 37.1 Å². The lowest BCUT2D eigenvalue weighted by Crippen LogP contribution is -2.37. The third-order valence-electron chi connectivity index (χ3n) is 5.21. The molecular weight excluding hydrogens is 419 g/mol. The van der Waals surface area contributed by atoms with Crippen LogP contribution in [-0.2, 0) is 0 Å². The lowest BCUT2D eigenvalue weighted by Gasteiger charge is -2.15. The number of hydrogen-bond donors (Lipinski definition) is 4. The molecule has 2 unspecified atom stereocenters. The molecule has 1 heterocycles. The number of aromatic amines is 1. The van der Waals surface area contributed by atoms with Crippen molar-refractivity contribution < 1.29 is 18.0 Å². The monoisotopic (exact) mass is 441 g/mol. The zero-order valence-electron chi connectivity index (χ0n) is 17.0. The van der Waals surface area contributed by atoms with Gasteiger partial charge >= 0.3 is 0 Å². The van der Waals surface area contributed by atoms with E-state index in [2.05, 4.69) is 25.9 Å². The number of carbonyl (C=O) groups is 1. The first-order valence-corrected chi connectivity index (χ1v) is 10.2. The number of nitrogens with one attached hydrogen (secondary N) is 4. The van der Waals surface area contributed by atoms with E-state index in [4.69, 9.17) is 0 Å². The fraction of sp³-hybridized carbons (Fsp3) is 0.217. The Balaban J connectivity index is 1.49. The van der Waals surface area contributed by atoms with Crippen molar-refractivity contribution in [2.24, 2.45) is 4.99 Å². The van der Waals surface area contributed by atoms with Gasteiger partial charge in [-0.1, -0.05) is 0 Å². The summed E-state index contributed by atoms with van der Waals surface area (Å²) in [6, 6.07) is 10.6. The fourth-order valence-electron chi connectivity index (χ4n) is 3.62. The summed E-state index contributed by atoms with van der Waals surface area (Å²) in [7, 11) is 0. The third-order valence-corrected chi connectivity index (χ3v) is 5.21. The Morgan fingerprint density at radius 3 is 2.50 bits per heavy atom. The van der Waals surface area contributed by atoms with Crippen LogP contribution >= 0.6 is 0 Å². The SMILES string of the molecule is O=C(NC(=NC1CCC(Nc2cc[nH]c2)C1)Nc1ccc(F)cc1)c1ccc(F)c(F)c1. The maximum Gasteiger partial charge on any atom is 0.258 e. The first-order chi connectivity index (χ1) is 15.5. The van der Waals surface area contributed by atoms with Gasteiger partial charge in [-0.05, 0) is 67.8 Å². The summed E-state index contributed by atoms with van der Waals surface area (Å²) < 4.78 is 40.0. The minimum absolute atomic E-state index is 0.0454. The van der Waals surface area contributed by atoms with Gasteiger partial charge in [0.15, 0.2) is 11.6 Å². The van der Waals surface area contributed by atoms with Crippen LogP contribution in [0.15, 0.2) is 65.9 Å². The summed E-state index contributed by atoms with van der Waals surface area (Å²) in [6.07, 6.45) is 6.17. The van der Waals surface area contributed by atoms with Gasteiger partial charge in [-0.25, -0.2) is 18.2 Å². The van der Waals surface area contributed by atoms with Crippen LogP contribution in [0.2, 0.25) is 0 Å². The summed E-state index contributed by atoms with van der Waals surface area (Å²) in [4.78, 5) is 20.3. The number of nitrogens with zero attached hydrogens (tertiary/aromatic N) is 1. The molecule has 3 aromatic rings. The van der Waals surface area contributed by atoms with Crippen molar-refractivity contribution in [1.29, 1.82) is 0 Å². The number of guanidine groups is 1. The molecular formula is C23H22F3N5O. The molecule has 4 N–H and O–H groups in total. The van der Waals surface area contributed by atoms with E-state index in [9.17, 15) is 18.0 Å². The molecule has 9 heteroatoms. The Kier molecular flexibility index (Phi) is 6.44. The second-order valence-electron chi connectivity index (χ2n) is 7.60. The number of halogens is 3. The molecule has 1 fully saturated rings. The minimum atomic E-state index is -1.11. The number of aromatic nitrogens is 1. The molecule has 1 aliphatic carbocycles. The van der Waals surface area contributed by atoms with Crippen molar-refractivity contribution in [3.05, 3.63) is 83.9 Å². The summed E-state index contributed by atoms with van der Waals surface area (Å²) >= 11 is 0. The second-order valence-corrected chi connectivity index (χ2v) is 7.60. The van der Waals surface area contributed by atoms with Crippen LogP contribution in [0.25, 0.3) is 0 Å². The van der Waals surface area contributed by atoms with Crippen molar-refractivity contribution >= 4 is 23.2 Å². The Morgan fingerprint density at radius 2 is 1.78 bits per heavy atom. The maximum atomic E-state index is 13.5. The second kappa shape index (κ2) is 9.59. The van der Waals surface area contributed by atoms with Gasteiger partial charge in [0.25, 0.3) is 5.91 Å². The number of H-pyrrole nitrogens is 1. The molecule has 0 aliphatic heterocycles. The van der Waals surface area contributed by atoms with E-state index in [-0.39, 0.29) is 23.6 Å². The first kappa shape index (κ1) is 21.5. The Morgan fingerprint density at radius 1 is 0.969 bits per heavy atom. The van der Waals surface area contributed by atoms with E-state index in [1.807, 2.05) is 18.5 Å². The lowest BCUT2D eigenvalue weighted by atomic mass is 10.2. The van der Waals surface area contributed by atoms with E-state index in [0.29, 0.717) is 5.69 Å². The van der Waals surface area contributed by atoms with Gasteiger partial charge in [0, 0.05) is 29.7 Å². The maximum absolute atomic E-state index is 13.5. The van der Waals surface area contributed by atoms with E-state index in [1.54, 1.807) is 0 Å². The van der Waals surface area contributed by atoms with Gasteiger partial charge < -0.3 is 15.6 Å². The fourth-order valence-corrected chi connectivity index (χ4v) is 3.62. The summed E-state index contributed by atoms with van der Waals surface area (Å²) in [5.41, 5.74) is 1.47. The van der Waals surface area contributed by atoms with Crippen LogP contribution < -0.4 is 16.0 Å². The third kappa shape index (κ3) is 5.48. The smallest absolute Gasteiger partial charge is 0.258 e. The standard InChI is InChI=1S/C23H22F3N5O/c24-15-2-4-16(5-3-15)29-23(31-22(32)14-1-8-20(25)21(26)11-14)30-18-7-6-17(12-18)28-19-9-10-27-13-19/h1-5,8-11,13,17-18,27-28H,6-7,12H2,(H2,29,30,31,32). The molecule has 2 aromatic carbocycles. The van der Waals surface area contributed by atoms with E-state index in [1.165, 1.54) is 30.3 Å². The highest BCUT2D eigenvalue weighted by atomic mass is 19.2. The summed E-state index contributed by atoms with van der Waals surface area (Å²) in [5.74, 6) is -3.03. The summed E-state index contributed by atoms with van der Waals surface area (Å²) in [6.45, 7) is 0. The average Bonchev–Trinajstić information content (AvgIpc) is 3.44. The van der Waals surface area contributed by atoms with Crippen LogP contribution in [0.3, 0.4) is 0 Å². The number of anilines is 2. The number of benzene rings is 2. The van der Waals surface area contributed by atoms with E-state index >= 15 is 0 Å². The van der Waals surface area contributed by atoms with Gasteiger partial charge in [0.1, 0.15) is 5.82 Å². The van der Waals surface area contributed by atoms with E-state index < -0.39 is 23.4 Å². The number of hydrogen-bond acceptors (Lipinski definition) is 3. The molecule has 6 nitrogen and oxygen atoms in total. The zero-order chi connectivity index (χ0) is 22.5. The van der Waals surface area contributed by atoms with Crippen molar-refractivity contribution in [3.8, 4) is 0 Å². The first-order valence-electron chi connectivity index (χ1n) is 10.2. The van der Waals surface area contributed by atoms with Crippen molar-refractivity contribution in [2.45, 2.75) is 31.3 Å². The van der Waals surface area contributed by atoms with Gasteiger partial charge in [-0.3, -0.25) is 10.1 Å². The van der Waals surface area contributed by atoms with Gasteiger partial charge in [0.05, 0.1) is 11.7 Å². The minimum Gasteiger partial charge on any atom is -0.381 e. The molecule has 1 amide bonds.